The molecule has 0 spiro atoms. The maximum Gasteiger partial charge on any atom is 0.331 e. The van der Waals surface area contributed by atoms with E-state index in [2.05, 4.69) is 26.6 Å². The van der Waals surface area contributed by atoms with Crippen LogP contribution in [-0.2, 0) is 14.3 Å². The van der Waals surface area contributed by atoms with Crippen LogP contribution in [0.15, 0.2) is 15.9 Å². The minimum atomic E-state index is -0.976. The minimum absolute atomic E-state index is 0.274. The van der Waals surface area contributed by atoms with Gasteiger partial charge in [-0.2, -0.15) is 0 Å². The summed E-state index contributed by atoms with van der Waals surface area (Å²) < 4.78 is 6.02. The van der Waals surface area contributed by atoms with Crippen molar-refractivity contribution in [1.29, 1.82) is 0 Å². The number of rotatable bonds is 6. The molecule has 8 heteroatoms. The molecular weight excluding hydrogens is 408 g/mol. The van der Waals surface area contributed by atoms with Crippen molar-refractivity contribution < 1.29 is 19.1 Å². The molecule has 25 heavy (non-hydrogen) atoms. The van der Waals surface area contributed by atoms with Crippen molar-refractivity contribution in [3.8, 4) is 0 Å². The summed E-state index contributed by atoms with van der Waals surface area (Å²) in [5.41, 5.74) is -0.976. The highest BCUT2D eigenvalue weighted by atomic mass is 79.9. The van der Waals surface area contributed by atoms with Crippen LogP contribution in [0, 0.1) is 0 Å². The topological polar surface area (TPSA) is 84.5 Å². The van der Waals surface area contributed by atoms with Crippen molar-refractivity contribution in [2.45, 2.75) is 57.5 Å². The molecule has 2 amide bonds. The molecule has 0 radical (unpaired) electrons. The summed E-state index contributed by atoms with van der Waals surface area (Å²) in [6, 6.07) is 2.72. The number of nitrogens with one attached hydrogen (secondary N) is 2. The molecule has 1 unspecified atom stereocenters. The van der Waals surface area contributed by atoms with Gasteiger partial charge in [0.25, 0.3) is 5.91 Å². The van der Waals surface area contributed by atoms with E-state index >= 15 is 0 Å². The fourth-order valence-corrected chi connectivity index (χ4v) is 4.21. The second-order valence-electron chi connectivity index (χ2n) is 6.15. The Labute approximate surface area is 159 Å². The number of ether oxygens (including phenoxy) is 1. The van der Waals surface area contributed by atoms with E-state index in [9.17, 15) is 14.4 Å². The van der Waals surface area contributed by atoms with Crippen molar-refractivity contribution in [3.63, 3.8) is 0 Å². The first-order valence-electron chi connectivity index (χ1n) is 8.43. The Hall–Kier alpha value is -1.41. The average molecular weight is 431 g/mol. The first-order chi connectivity index (χ1) is 11.9. The highest BCUT2D eigenvalue weighted by molar-refractivity contribution is 9.11. The van der Waals surface area contributed by atoms with Crippen molar-refractivity contribution in [2.24, 2.45) is 0 Å². The normalized spacial score (nSPS) is 17.4. The zero-order chi connectivity index (χ0) is 18.4. The summed E-state index contributed by atoms with van der Waals surface area (Å²) in [4.78, 5) is 37.7. The molecule has 2 rings (SSSR count). The van der Waals surface area contributed by atoms with Gasteiger partial charge in [0.05, 0.1) is 15.3 Å². The molecule has 0 saturated heterocycles. The molecule has 1 aromatic heterocycles. The zero-order valence-corrected chi connectivity index (χ0v) is 16.8. The highest BCUT2D eigenvalue weighted by Gasteiger charge is 2.43. The molecule has 138 valence electrons. The van der Waals surface area contributed by atoms with Crippen LogP contribution in [0.3, 0.4) is 0 Å². The lowest BCUT2D eigenvalue weighted by atomic mass is 9.81. The van der Waals surface area contributed by atoms with Crippen LogP contribution in [0.1, 0.15) is 55.6 Å². The monoisotopic (exact) mass is 430 g/mol. The predicted molar refractivity (Wildman–Crippen MR) is 99.5 cm³/mol. The zero-order valence-electron chi connectivity index (χ0n) is 14.4. The van der Waals surface area contributed by atoms with Gasteiger partial charge < -0.3 is 15.4 Å². The van der Waals surface area contributed by atoms with E-state index in [0.29, 0.717) is 17.7 Å². The Morgan fingerprint density at radius 2 is 1.96 bits per heavy atom. The van der Waals surface area contributed by atoms with Crippen LogP contribution in [0.5, 0.6) is 0 Å². The van der Waals surface area contributed by atoms with E-state index in [4.69, 9.17) is 4.74 Å². The predicted octanol–water partition coefficient (Wildman–Crippen LogP) is 3.01. The molecule has 1 heterocycles. The lowest BCUT2D eigenvalue weighted by molar-refractivity contribution is -0.155. The summed E-state index contributed by atoms with van der Waals surface area (Å²) in [6.45, 7) is 3.63. The smallest absolute Gasteiger partial charge is 0.331 e. The van der Waals surface area contributed by atoms with E-state index in [0.717, 1.165) is 23.0 Å². The lowest BCUT2D eigenvalue weighted by Crippen LogP contribution is -2.60. The number of hydrogen-bond donors (Lipinski definition) is 2. The van der Waals surface area contributed by atoms with Gasteiger partial charge in [0.2, 0.25) is 5.91 Å². The quantitative estimate of drug-likeness (QED) is 0.679. The number of esters is 1. The van der Waals surface area contributed by atoms with Crippen molar-refractivity contribution >= 4 is 45.1 Å². The van der Waals surface area contributed by atoms with Crippen LogP contribution in [0.25, 0.3) is 0 Å². The third-order valence-corrected chi connectivity index (χ3v) is 5.90. The van der Waals surface area contributed by atoms with Crippen LogP contribution in [0.2, 0.25) is 0 Å². The molecule has 1 aliphatic rings. The van der Waals surface area contributed by atoms with Crippen molar-refractivity contribution in [3.05, 3.63) is 20.8 Å². The molecule has 1 saturated carbocycles. The van der Waals surface area contributed by atoms with Crippen LogP contribution >= 0.6 is 27.3 Å². The van der Waals surface area contributed by atoms with Crippen LogP contribution < -0.4 is 10.6 Å². The number of hydrogen-bond acceptors (Lipinski definition) is 5. The molecule has 2 N–H and O–H groups in total. The van der Waals surface area contributed by atoms with Crippen molar-refractivity contribution in [1.82, 2.24) is 10.6 Å². The number of halogens is 1. The fourth-order valence-electron chi connectivity index (χ4n) is 2.92. The van der Waals surface area contributed by atoms with Gasteiger partial charge in [-0.3, -0.25) is 9.59 Å². The van der Waals surface area contributed by atoms with Crippen LogP contribution in [0.4, 0.5) is 0 Å². The Balaban J connectivity index is 2.01. The fraction of sp³-hybridized carbons (Fsp3) is 0.588. The number of carbonyl (C=O) groups is 3. The maximum absolute atomic E-state index is 12.6. The van der Waals surface area contributed by atoms with Gasteiger partial charge in [0.1, 0.15) is 11.6 Å². The maximum atomic E-state index is 12.6. The van der Waals surface area contributed by atoms with Crippen LogP contribution in [-0.4, -0.2) is 36.0 Å². The SMILES string of the molecule is CCOC(=O)C1(NC(=O)C(C)NC(=O)c2ccc(Br)s2)CCCCC1. The first kappa shape index (κ1) is 19.9. The summed E-state index contributed by atoms with van der Waals surface area (Å²) in [7, 11) is 0. The molecular formula is C17H23BrN2O4S. The molecule has 0 aromatic carbocycles. The molecule has 0 aliphatic heterocycles. The first-order valence-corrected chi connectivity index (χ1v) is 10.0. The third-order valence-electron chi connectivity index (χ3n) is 4.27. The Kier molecular flexibility index (Phi) is 7.01. The van der Waals surface area contributed by atoms with Gasteiger partial charge in [-0.15, -0.1) is 11.3 Å². The third kappa shape index (κ3) is 5.04. The summed E-state index contributed by atoms with van der Waals surface area (Å²) >= 11 is 4.60. The number of thiophene rings is 1. The summed E-state index contributed by atoms with van der Waals surface area (Å²) in [5.74, 6) is -1.07. The van der Waals surface area contributed by atoms with E-state index < -0.39 is 11.6 Å². The second-order valence-corrected chi connectivity index (χ2v) is 8.61. The molecule has 6 nitrogen and oxygen atoms in total. The second kappa shape index (κ2) is 8.80. The Morgan fingerprint density at radius 1 is 1.28 bits per heavy atom. The van der Waals surface area contributed by atoms with E-state index in [1.165, 1.54) is 11.3 Å². The van der Waals surface area contributed by atoms with Gasteiger partial charge in [0, 0.05) is 0 Å². The van der Waals surface area contributed by atoms with Gasteiger partial charge in [0.15, 0.2) is 0 Å². The molecule has 1 aliphatic carbocycles. The van der Waals surface area contributed by atoms with E-state index in [1.54, 1.807) is 26.0 Å². The van der Waals surface area contributed by atoms with E-state index in [-0.39, 0.29) is 24.4 Å². The highest BCUT2D eigenvalue weighted by Crippen LogP contribution is 2.29. The van der Waals surface area contributed by atoms with Gasteiger partial charge in [-0.1, -0.05) is 19.3 Å². The molecule has 1 atom stereocenters. The Bertz CT molecular complexity index is 640. The summed E-state index contributed by atoms with van der Waals surface area (Å²) in [5, 5.41) is 5.52. The standard InChI is InChI=1S/C17H23BrN2O4S/c1-3-24-16(23)17(9-5-4-6-10-17)20-14(21)11(2)19-15(22)12-7-8-13(18)25-12/h7-8,11H,3-6,9-10H2,1-2H3,(H,19,22)(H,20,21). The largest absolute Gasteiger partial charge is 0.464 e. The molecule has 1 aromatic rings. The lowest BCUT2D eigenvalue weighted by Gasteiger charge is -2.36. The van der Waals surface area contributed by atoms with Gasteiger partial charge >= 0.3 is 5.97 Å². The summed E-state index contributed by atoms with van der Waals surface area (Å²) in [6.07, 6.45) is 3.90. The number of carbonyl (C=O) groups excluding carboxylic acids is 3. The molecule has 1 fully saturated rings. The van der Waals surface area contributed by atoms with Gasteiger partial charge in [-0.05, 0) is 54.8 Å². The van der Waals surface area contributed by atoms with Gasteiger partial charge in [-0.25, -0.2) is 4.79 Å². The minimum Gasteiger partial charge on any atom is -0.464 e. The van der Waals surface area contributed by atoms with Crippen molar-refractivity contribution in [2.75, 3.05) is 6.61 Å². The molecule has 0 bridgehead atoms. The Morgan fingerprint density at radius 3 is 2.52 bits per heavy atom. The average Bonchev–Trinajstić information content (AvgIpc) is 3.02. The van der Waals surface area contributed by atoms with E-state index in [1.807, 2.05) is 0 Å². The number of amides is 2.